The SMILES string of the molecule is CCC1C(=O)NC(=O)CN1c1ncccc1Br. The monoisotopic (exact) mass is 297 g/mol. The number of nitrogens with zero attached hydrogens (tertiary/aromatic N) is 2. The van der Waals surface area contributed by atoms with Crippen molar-refractivity contribution in [3.63, 3.8) is 0 Å². The third-order valence-corrected chi connectivity index (χ3v) is 3.27. The van der Waals surface area contributed by atoms with Crippen LogP contribution in [0.4, 0.5) is 5.82 Å². The van der Waals surface area contributed by atoms with Gasteiger partial charge in [-0.25, -0.2) is 4.98 Å². The van der Waals surface area contributed by atoms with Gasteiger partial charge in [-0.3, -0.25) is 14.9 Å². The smallest absolute Gasteiger partial charge is 0.249 e. The number of imide groups is 1. The fourth-order valence-corrected chi connectivity index (χ4v) is 2.37. The number of carbonyl (C=O) groups is 2. The van der Waals surface area contributed by atoms with E-state index < -0.39 is 0 Å². The summed E-state index contributed by atoms with van der Waals surface area (Å²) in [5.41, 5.74) is 0. The van der Waals surface area contributed by atoms with E-state index in [0.29, 0.717) is 12.2 Å². The van der Waals surface area contributed by atoms with E-state index in [2.05, 4.69) is 26.2 Å². The Hall–Kier alpha value is -1.43. The highest BCUT2D eigenvalue weighted by molar-refractivity contribution is 9.10. The van der Waals surface area contributed by atoms with E-state index in [9.17, 15) is 9.59 Å². The lowest BCUT2D eigenvalue weighted by molar-refractivity contribution is -0.132. The van der Waals surface area contributed by atoms with Gasteiger partial charge in [-0.05, 0) is 34.5 Å². The molecule has 1 N–H and O–H groups in total. The molecule has 1 fully saturated rings. The molecular weight excluding hydrogens is 286 g/mol. The average Bonchev–Trinajstić information content (AvgIpc) is 2.28. The summed E-state index contributed by atoms with van der Waals surface area (Å²) in [6.45, 7) is 2.06. The molecule has 1 atom stereocenters. The van der Waals surface area contributed by atoms with Crippen LogP contribution >= 0.6 is 15.9 Å². The summed E-state index contributed by atoms with van der Waals surface area (Å²) in [6.07, 6.45) is 2.27. The minimum Gasteiger partial charge on any atom is -0.334 e. The van der Waals surface area contributed by atoms with Gasteiger partial charge in [-0.15, -0.1) is 0 Å². The van der Waals surface area contributed by atoms with Gasteiger partial charge in [0.1, 0.15) is 11.9 Å². The van der Waals surface area contributed by atoms with E-state index in [1.807, 2.05) is 13.0 Å². The van der Waals surface area contributed by atoms with Crippen molar-refractivity contribution in [3.05, 3.63) is 22.8 Å². The maximum atomic E-state index is 11.7. The van der Waals surface area contributed by atoms with Gasteiger partial charge in [-0.2, -0.15) is 0 Å². The number of carbonyl (C=O) groups excluding carboxylic acids is 2. The number of hydrogen-bond donors (Lipinski definition) is 1. The molecule has 1 aliphatic rings. The molecule has 0 radical (unpaired) electrons. The van der Waals surface area contributed by atoms with Crippen LogP contribution < -0.4 is 10.2 Å². The van der Waals surface area contributed by atoms with E-state index in [1.165, 1.54) is 0 Å². The largest absolute Gasteiger partial charge is 0.334 e. The zero-order valence-electron chi connectivity index (χ0n) is 9.31. The van der Waals surface area contributed by atoms with Gasteiger partial charge in [0.25, 0.3) is 0 Å². The van der Waals surface area contributed by atoms with Crippen molar-refractivity contribution >= 4 is 33.6 Å². The Bertz CT molecular complexity index is 464. The molecule has 0 bridgehead atoms. The van der Waals surface area contributed by atoms with Crippen molar-refractivity contribution < 1.29 is 9.59 Å². The Kier molecular flexibility index (Phi) is 3.42. The first-order valence-electron chi connectivity index (χ1n) is 5.34. The zero-order chi connectivity index (χ0) is 12.4. The van der Waals surface area contributed by atoms with Gasteiger partial charge in [0.2, 0.25) is 11.8 Å². The molecule has 2 heterocycles. The summed E-state index contributed by atoms with van der Waals surface area (Å²) in [5, 5.41) is 2.34. The molecule has 1 aliphatic heterocycles. The molecule has 5 nitrogen and oxygen atoms in total. The van der Waals surface area contributed by atoms with Gasteiger partial charge in [-0.1, -0.05) is 6.92 Å². The molecule has 1 aromatic rings. The van der Waals surface area contributed by atoms with Crippen molar-refractivity contribution in [1.29, 1.82) is 0 Å². The lowest BCUT2D eigenvalue weighted by Crippen LogP contribution is -2.58. The van der Waals surface area contributed by atoms with Crippen molar-refractivity contribution in [1.82, 2.24) is 10.3 Å². The number of halogens is 1. The fourth-order valence-electron chi connectivity index (χ4n) is 1.88. The Morgan fingerprint density at radius 3 is 3.00 bits per heavy atom. The summed E-state index contributed by atoms with van der Waals surface area (Å²) < 4.78 is 0.779. The number of aromatic nitrogens is 1. The lowest BCUT2D eigenvalue weighted by atomic mass is 10.1. The maximum absolute atomic E-state index is 11.7. The summed E-state index contributed by atoms with van der Waals surface area (Å²) in [4.78, 5) is 29.1. The molecule has 1 unspecified atom stereocenters. The van der Waals surface area contributed by atoms with Gasteiger partial charge in [0, 0.05) is 6.20 Å². The second-order valence-electron chi connectivity index (χ2n) is 3.77. The summed E-state index contributed by atoms with van der Waals surface area (Å²) in [5.74, 6) is 0.0705. The van der Waals surface area contributed by atoms with Crippen molar-refractivity contribution in [2.24, 2.45) is 0 Å². The summed E-state index contributed by atoms with van der Waals surface area (Å²) in [6, 6.07) is 3.28. The first kappa shape index (κ1) is 12.0. The quantitative estimate of drug-likeness (QED) is 0.830. The molecule has 17 heavy (non-hydrogen) atoms. The van der Waals surface area contributed by atoms with Crippen LogP contribution in [-0.2, 0) is 9.59 Å². The van der Waals surface area contributed by atoms with Crippen LogP contribution in [0.25, 0.3) is 0 Å². The van der Waals surface area contributed by atoms with E-state index in [-0.39, 0.29) is 24.4 Å². The Morgan fingerprint density at radius 2 is 2.35 bits per heavy atom. The van der Waals surface area contributed by atoms with E-state index in [1.54, 1.807) is 17.2 Å². The summed E-state index contributed by atoms with van der Waals surface area (Å²) in [7, 11) is 0. The third-order valence-electron chi connectivity index (χ3n) is 2.65. The van der Waals surface area contributed by atoms with Gasteiger partial charge in [0.05, 0.1) is 11.0 Å². The second-order valence-corrected chi connectivity index (χ2v) is 4.63. The van der Waals surface area contributed by atoms with Crippen LogP contribution in [0.1, 0.15) is 13.3 Å². The lowest BCUT2D eigenvalue weighted by Gasteiger charge is -2.34. The van der Waals surface area contributed by atoms with Crippen LogP contribution in [0, 0.1) is 0 Å². The standard InChI is InChI=1S/C11H12BrN3O2/c1-2-8-11(17)14-9(16)6-15(8)10-7(12)4-3-5-13-10/h3-5,8H,2,6H2,1H3,(H,14,16,17). The summed E-state index contributed by atoms with van der Waals surface area (Å²) >= 11 is 3.38. The Morgan fingerprint density at radius 1 is 1.59 bits per heavy atom. The predicted octanol–water partition coefficient (Wildman–Crippen LogP) is 1.09. The molecule has 0 aromatic carbocycles. The predicted molar refractivity (Wildman–Crippen MR) is 66.5 cm³/mol. The van der Waals surface area contributed by atoms with E-state index in [0.717, 1.165) is 4.47 Å². The molecule has 2 amide bonds. The first-order valence-corrected chi connectivity index (χ1v) is 6.13. The van der Waals surface area contributed by atoms with E-state index in [4.69, 9.17) is 0 Å². The number of anilines is 1. The van der Waals surface area contributed by atoms with Crippen LogP contribution in [0.3, 0.4) is 0 Å². The minimum absolute atomic E-state index is 0.153. The Labute approximate surface area is 107 Å². The maximum Gasteiger partial charge on any atom is 0.249 e. The third kappa shape index (κ3) is 2.31. The van der Waals surface area contributed by atoms with Gasteiger partial charge >= 0.3 is 0 Å². The molecule has 0 aliphatic carbocycles. The zero-order valence-corrected chi connectivity index (χ0v) is 10.9. The van der Waals surface area contributed by atoms with Crippen molar-refractivity contribution in [2.45, 2.75) is 19.4 Å². The number of pyridine rings is 1. The average molecular weight is 298 g/mol. The van der Waals surface area contributed by atoms with Crippen LogP contribution in [0.15, 0.2) is 22.8 Å². The highest BCUT2D eigenvalue weighted by atomic mass is 79.9. The molecule has 90 valence electrons. The number of rotatable bonds is 2. The van der Waals surface area contributed by atoms with Crippen molar-refractivity contribution in [3.8, 4) is 0 Å². The molecule has 2 rings (SSSR count). The molecule has 0 spiro atoms. The molecule has 1 aromatic heterocycles. The second kappa shape index (κ2) is 4.83. The normalized spacial score (nSPS) is 20.4. The van der Waals surface area contributed by atoms with Crippen LogP contribution in [-0.4, -0.2) is 29.4 Å². The molecule has 6 heteroatoms. The minimum atomic E-state index is -0.348. The molecule has 1 saturated heterocycles. The highest BCUT2D eigenvalue weighted by Crippen LogP contribution is 2.26. The molecular formula is C11H12BrN3O2. The van der Waals surface area contributed by atoms with E-state index >= 15 is 0 Å². The van der Waals surface area contributed by atoms with Gasteiger partial charge in [0.15, 0.2) is 0 Å². The Balaban J connectivity index is 2.38. The van der Waals surface area contributed by atoms with Crippen LogP contribution in [0.2, 0.25) is 0 Å². The number of nitrogens with one attached hydrogen (secondary N) is 1. The number of hydrogen-bond acceptors (Lipinski definition) is 4. The first-order chi connectivity index (χ1) is 8.13. The topological polar surface area (TPSA) is 62.3 Å². The number of amides is 2. The highest BCUT2D eigenvalue weighted by Gasteiger charge is 2.33. The number of piperazine rings is 1. The van der Waals surface area contributed by atoms with Crippen molar-refractivity contribution in [2.75, 3.05) is 11.4 Å². The van der Waals surface area contributed by atoms with Crippen LogP contribution in [0.5, 0.6) is 0 Å². The molecule has 0 saturated carbocycles. The fraction of sp³-hybridized carbons (Fsp3) is 0.364. The van der Waals surface area contributed by atoms with Gasteiger partial charge < -0.3 is 4.90 Å².